The molecule has 1 atom stereocenters. The number of aromatic carboxylic acids is 1. The monoisotopic (exact) mass is 356 g/mol. The van der Waals surface area contributed by atoms with Gasteiger partial charge in [0.25, 0.3) is 0 Å². The average Bonchev–Trinajstić information content (AvgIpc) is 3.04. The fourth-order valence-corrected chi connectivity index (χ4v) is 3.27. The average molecular weight is 356 g/mol. The zero-order chi connectivity index (χ0) is 18.7. The molecule has 3 rings (SSSR count). The van der Waals surface area contributed by atoms with Crippen LogP contribution in [0.5, 0.6) is 0 Å². The minimum atomic E-state index is -0.959. The Kier molecular flexibility index (Phi) is 5.25. The first kappa shape index (κ1) is 18.0. The van der Waals surface area contributed by atoms with Crippen molar-refractivity contribution < 1.29 is 14.7 Å². The van der Waals surface area contributed by atoms with Gasteiger partial charge in [-0.15, -0.1) is 0 Å². The van der Waals surface area contributed by atoms with Crippen LogP contribution in [0.2, 0.25) is 0 Å². The summed E-state index contributed by atoms with van der Waals surface area (Å²) < 4.78 is 2.03. The van der Waals surface area contributed by atoms with Crippen LogP contribution in [0.15, 0.2) is 30.5 Å². The lowest BCUT2D eigenvalue weighted by atomic mass is 9.93. The molecular formula is C19H24N4O3. The second-order valence-electron chi connectivity index (χ2n) is 6.92. The second kappa shape index (κ2) is 7.59. The van der Waals surface area contributed by atoms with Crippen molar-refractivity contribution >= 4 is 12.0 Å². The lowest BCUT2D eigenvalue weighted by Gasteiger charge is -2.25. The van der Waals surface area contributed by atoms with Gasteiger partial charge in [0.15, 0.2) is 0 Å². The van der Waals surface area contributed by atoms with Gasteiger partial charge in [0.05, 0.1) is 11.8 Å². The lowest BCUT2D eigenvalue weighted by molar-refractivity contribution is 0.0697. The highest BCUT2D eigenvalue weighted by Crippen LogP contribution is 2.23. The molecule has 0 bridgehead atoms. The van der Waals surface area contributed by atoms with Crippen LogP contribution in [-0.2, 0) is 19.4 Å². The second-order valence-corrected chi connectivity index (χ2v) is 6.92. The molecule has 0 radical (unpaired) electrons. The van der Waals surface area contributed by atoms with Gasteiger partial charge in [-0.3, -0.25) is 4.68 Å². The Hall–Kier alpha value is -2.83. The van der Waals surface area contributed by atoms with Crippen LogP contribution in [0.25, 0.3) is 0 Å². The number of carboxylic acid groups (broad SMARTS) is 1. The molecule has 1 aliphatic carbocycles. The maximum absolute atomic E-state index is 12.2. The predicted octanol–water partition coefficient (Wildman–Crippen LogP) is 2.52. The van der Waals surface area contributed by atoms with Crippen LogP contribution in [0, 0.1) is 0 Å². The number of carboxylic acids is 1. The number of nitrogens with zero attached hydrogens (tertiary/aromatic N) is 2. The minimum absolute atomic E-state index is 0.0890. The van der Waals surface area contributed by atoms with Crippen molar-refractivity contribution in [3.8, 4) is 0 Å². The summed E-state index contributed by atoms with van der Waals surface area (Å²) in [5.74, 6) is -0.959. The molecule has 0 saturated carbocycles. The van der Waals surface area contributed by atoms with Crippen molar-refractivity contribution in [2.45, 2.75) is 51.7 Å². The molecule has 1 unspecified atom stereocenters. The van der Waals surface area contributed by atoms with E-state index in [1.807, 2.05) is 10.9 Å². The number of carbonyl (C=O) groups is 2. The SMILES string of the molecule is CC(C)n1ncc2c1CC(NC(=O)NCc1ccc(C(=O)O)cc1)CC2. The number of rotatable bonds is 5. The molecular weight excluding hydrogens is 332 g/mol. The standard InChI is InChI=1S/C19H24N4O3/c1-12(2)23-17-9-16(8-7-15(17)11-21-23)22-19(26)20-10-13-3-5-14(6-4-13)18(24)25/h3-6,11-12,16H,7-10H2,1-2H3,(H,24,25)(H2,20,22,26). The Balaban J connectivity index is 1.52. The topological polar surface area (TPSA) is 96.3 Å². The number of urea groups is 1. The fraction of sp³-hybridized carbons (Fsp3) is 0.421. The van der Waals surface area contributed by atoms with Gasteiger partial charge in [-0.2, -0.15) is 5.10 Å². The molecule has 26 heavy (non-hydrogen) atoms. The number of benzene rings is 1. The predicted molar refractivity (Wildman–Crippen MR) is 97.2 cm³/mol. The van der Waals surface area contributed by atoms with E-state index in [1.165, 1.54) is 23.4 Å². The number of amides is 2. The van der Waals surface area contributed by atoms with E-state index in [2.05, 4.69) is 29.6 Å². The van der Waals surface area contributed by atoms with Crippen LogP contribution in [0.3, 0.4) is 0 Å². The highest BCUT2D eigenvalue weighted by molar-refractivity contribution is 5.87. The third-order valence-corrected chi connectivity index (χ3v) is 4.67. The molecule has 1 aliphatic rings. The van der Waals surface area contributed by atoms with Crippen molar-refractivity contribution in [2.75, 3.05) is 0 Å². The van der Waals surface area contributed by atoms with E-state index in [-0.39, 0.29) is 17.6 Å². The Morgan fingerprint density at radius 1 is 1.31 bits per heavy atom. The van der Waals surface area contributed by atoms with E-state index in [0.29, 0.717) is 12.6 Å². The summed E-state index contributed by atoms with van der Waals surface area (Å²) >= 11 is 0. The summed E-state index contributed by atoms with van der Waals surface area (Å²) in [5.41, 5.74) is 3.57. The summed E-state index contributed by atoms with van der Waals surface area (Å²) in [7, 11) is 0. The quantitative estimate of drug-likeness (QED) is 0.767. The van der Waals surface area contributed by atoms with Crippen LogP contribution in [0.4, 0.5) is 4.79 Å². The molecule has 138 valence electrons. The number of aryl methyl sites for hydroxylation is 1. The van der Waals surface area contributed by atoms with Gasteiger partial charge in [-0.25, -0.2) is 9.59 Å². The maximum Gasteiger partial charge on any atom is 0.335 e. The molecule has 2 aromatic rings. The number of hydrogen-bond acceptors (Lipinski definition) is 3. The van der Waals surface area contributed by atoms with Crippen molar-refractivity contribution in [3.63, 3.8) is 0 Å². The van der Waals surface area contributed by atoms with Crippen LogP contribution in [-0.4, -0.2) is 32.9 Å². The van der Waals surface area contributed by atoms with E-state index in [9.17, 15) is 9.59 Å². The fourth-order valence-electron chi connectivity index (χ4n) is 3.27. The summed E-state index contributed by atoms with van der Waals surface area (Å²) in [5, 5.41) is 19.2. The van der Waals surface area contributed by atoms with Gasteiger partial charge in [-0.1, -0.05) is 12.1 Å². The van der Waals surface area contributed by atoms with Crippen LogP contribution < -0.4 is 10.6 Å². The normalized spacial score (nSPS) is 16.2. The molecule has 0 aliphatic heterocycles. The highest BCUT2D eigenvalue weighted by Gasteiger charge is 2.24. The van der Waals surface area contributed by atoms with Gasteiger partial charge >= 0.3 is 12.0 Å². The molecule has 7 nitrogen and oxygen atoms in total. The largest absolute Gasteiger partial charge is 0.478 e. The molecule has 0 spiro atoms. The van der Waals surface area contributed by atoms with Gasteiger partial charge in [-0.05, 0) is 49.9 Å². The molecule has 3 N–H and O–H groups in total. The molecule has 1 aromatic heterocycles. The summed E-state index contributed by atoms with van der Waals surface area (Å²) in [6.07, 6.45) is 4.54. The number of aromatic nitrogens is 2. The van der Waals surface area contributed by atoms with E-state index in [1.54, 1.807) is 12.1 Å². The Morgan fingerprint density at radius 3 is 2.69 bits per heavy atom. The van der Waals surface area contributed by atoms with Crippen LogP contribution in [0.1, 0.15) is 53.5 Å². The first-order chi connectivity index (χ1) is 12.4. The van der Waals surface area contributed by atoms with Crippen molar-refractivity contribution in [2.24, 2.45) is 0 Å². The number of nitrogens with one attached hydrogen (secondary N) is 2. The smallest absolute Gasteiger partial charge is 0.335 e. The van der Waals surface area contributed by atoms with Crippen molar-refractivity contribution in [3.05, 3.63) is 52.8 Å². The zero-order valence-electron chi connectivity index (χ0n) is 15.0. The van der Waals surface area contributed by atoms with Crippen molar-refractivity contribution in [1.29, 1.82) is 0 Å². The molecule has 1 aromatic carbocycles. The third-order valence-electron chi connectivity index (χ3n) is 4.67. The summed E-state index contributed by atoms with van der Waals surface area (Å²) in [6.45, 7) is 4.56. The molecule has 1 heterocycles. The molecule has 7 heteroatoms. The van der Waals surface area contributed by atoms with Gasteiger partial charge in [0, 0.05) is 30.7 Å². The first-order valence-corrected chi connectivity index (χ1v) is 8.86. The lowest BCUT2D eigenvalue weighted by Crippen LogP contribution is -2.44. The van der Waals surface area contributed by atoms with E-state index in [4.69, 9.17) is 5.11 Å². The molecule has 0 saturated heterocycles. The summed E-state index contributed by atoms with van der Waals surface area (Å²) in [6, 6.07) is 6.66. The Bertz CT molecular complexity index is 796. The third kappa shape index (κ3) is 4.04. The van der Waals surface area contributed by atoms with Gasteiger partial charge in [0.1, 0.15) is 0 Å². The van der Waals surface area contributed by atoms with E-state index in [0.717, 1.165) is 24.8 Å². The number of carbonyl (C=O) groups excluding carboxylic acids is 1. The Labute approximate surface area is 152 Å². The zero-order valence-corrected chi connectivity index (χ0v) is 15.0. The Morgan fingerprint density at radius 2 is 2.04 bits per heavy atom. The van der Waals surface area contributed by atoms with E-state index < -0.39 is 5.97 Å². The maximum atomic E-state index is 12.2. The highest BCUT2D eigenvalue weighted by atomic mass is 16.4. The minimum Gasteiger partial charge on any atom is -0.478 e. The number of hydrogen-bond donors (Lipinski definition) is 3. The summed E-state index contributed by atoms with van der Waals surface area (Å²) in [4.78, 5) is 23.0. The van der Waals surface area contributed by atoms with Crippen molar-refractivity contribution in [1.82, 2.24) is 20.4 Å². The van der Waals surface area contributed by atoms with Crippen LogP contribution >= 0.6 is 0 Å². The van der Waals surface area contributed by atoms with Gasteiger partial charge < -0.3 is 15.7 Å². The number of fused-ring (bicyclic) bond motifs is 1. The molecule has 2 amide bonds. The first-order valence-electron chi connectivity index (χ1n) is 8.86. The molecule has 0 fully saturated rings. The van der Waals surface area contributed by atoms with E-state index >= 15 is 0 Å². The van der Waals surface area contributed by atoms with Gasteiger partial charge in [0.2, 0.25) is 0 Å².